The van der Waals surface area contributed by atoms with Gasteiger partial charge in [0.05, 0.1) is 0 Å². The van der Waals surface area contributed by atoms with Gasteiger partial charge in [-0.25, -0.2) is 0 Å². The normalized spacial score (nSPS) is 28.4. The summed E-state index contributed by atoms with van der Waals surface area (Å²) >= 11 is 0. The van der Waals surface area contributed by atoms with Gasteiger partial charge in [-0.2, -0.15) is 0 Å². The van der Waals surface area contributed by atoms with Crippen molar-refractivity contribution in [1.82, 2.24) is 0 Å². The minimum absolute atomic E-state index is 0. The molecule has 4 aliphatic carbocycles. The smallest absolute Gasteiger partial charge is 0 e. The second kappa shape index (κ2) is 24.0. The summed E-state index contributed by atoms with van der Waals surface area (Å²) in [6.45, 7) is 13.1. The molecule has 0 saturated heterocycles. The van der Waals surface area contributed by atoms with Crippen LogP contribution in [0.3, 0.4) is 0 Å². The third-order valence-electron chi connectivity index (χ3n) is 14.5. The van der Waals surface area contributed by atoms with Gasteiger partial charge in [-0.3, -0.25) is 0 Å². The Kier molecular flexibility index (Phi) is 18.8. The molecule has 0 spiro atoms. The van der Waals surface area contributed by atoms with Crippen LogP contribution in [0.5, 0.6) is 0 Å². The highest BCUT2D eigenvalue weighted by atomic mass is 14.4. The molecular weight excluding hydrogens is 673 g/mol. The third kappa shape index (κ3) is 14.4. The SMILES string of the molecule is C/C=C/C1CCC(C2CCC(C)CC2)CC1.C/C=C/CC1CCC(C2CCC(c3ccc(C)cc3)CC2)CC1.C/C=C/Cc1ccc(-c2ccc(C)cc2)cc1.[HH].[HH].[HH].[HH]. The van der Waals surface area contributed by atoms with E-state index in [1.54, 1.807) is 5.56 Å². The highest BCUT2D eigenvalue weighted by molar-refractivity contribution is 5.64. The predicted octanol–water partition coefficient (Wildman–Crippen LogP) is 18.0. The monoisotopic (exact) mass is 761 g/mol. The van der Waals surface area contributed by atoms with Crippen LogP contribution in [0.25, 0.3) is 11.1 Å². The topological polar surface area (TPSA) is 0 Å². The number of allylic oxidation sites excluding steroid dienone is 6. The van der Waals surface area contributed by atoms with E-state index in [0.717, 1.165) is 53.8 Å². The second-order valence-electron chi connectivity index (χ2n) is 18.7. The van der Waals surface area contributed by atoms with E-state index in [9.17, 15) is 0 Å². The van der Waals surface area contributed by atoms with Crippen LogP contribution in [0.15, 0.2) is 109 Å². The van der Waals surface area contributed by atoms with Crippen molar-refractivity contribution in [3.05, 3.63) is 132 Å². The molecule has 4 fully saturated rings. The Bertz CT molecular complexity index is 1570. The summed E-state index contributed by atoms with van der Waals surface area (Å²) in [6.07, 6.45) is 39.6. The number of rotatable bonds is 9. The van der Waals surface area contributed by atoms with Crippen molar-refractivity contribution >= 4 is 0 Å². The maximum atomic E-state index is 2.43. The van der Waals surface area contributed by atoms with Gasteiger partial charge in [-0.05, 0) is 207 Å². The molecule has 3 aromatic carbocycles. The molecule has 3 aromatic rings. The van der Waals surface area contributed by atoms with Crippen LogP contribution >= 0.6 is 0 Å². The largest absolute Gasteiger partial charge is 0.0917 e. The van der Waals surface area contributed by atoms with Crippen molar-refractivity contribution < 1.29 is 5.71 Å². The Balaban J connectivity index is 0.000000444. The van der Waals surface area contributed by atoms with Crippen LogP contribution < -0.4 is 0 Å². The van der Waals surface area contributed by atoms with E-state index in [1.807, 2.05) is 0 Å². The molecule has 7 rings (SSSR count). The quantitative estimate of drug-likeness (QED) is 0.191. The van der Waals surface area contributed by atoms with Crippen LogP contribution in [-0.4, -0.2) is 0 Å². The van der Waals surface area contributed by atoms with Gasteiger partial charge >= 0.3 is 0 Å². The molecule has 0 heterocycles. The zero-order valence-corrected chi connectivity index (χ0v) is 36.7. The zero-order chi connectivity index (χ0) is 39.5. The molecule has 312 valence electrons. The van der Waals surface area contributed by atoms with Gasteiger partial charge in [-0.1, -0.05) is 140 Å². The van der Waals surface area contributed by atoms with Crippen molar-refractivity contribution in [1.29, 1.82) is 0 Å². The summed E-state index contributed by atoms with van der Waals surface area (Å²) in [6, 6.07) is 26.8. The lowest BCUT2D eigenvalue weighted by atomic mass is 9.68. The van der Waals surface area contributed by atoms with E-state index in [4.69, 9.17) is 0 Å². The molecule has 4 saturated carbocycles. The highest BCUT2D eigenvalue weighted by Crippen LogP contribution is 2.45. The fourth-order valence-electron chi connectivity index (χ4n) is 10.7. The zero-order valence-electron chi connectivity index (χ0n) is 36.7. The van der Waals surface area contributed by atoms with E-state index in [-0.39, 0.29) is 5.71 Å². The Morgan fingerprint density at radius 2 is 0.929 bits per heavy atom. The molecule has 0 N–H and O–H groups in total. The molecule has 0 nitrogen and oxygen atoms in total. The van der Waals surface area contributed by atoms with E-state index >= 15 is 0 Å². The summed E-state index contributed by atoms with van der Waals surface area (Å²) in [5.41, 5.74) is 8.21. The van der Waals surface area contributed by atoms with Gasteiger partial charge in [0.15, 0.2) is 0 Å². The molecule has 0 heteroatoms. The molecule has 0 aromatic heterocycles. The number of benzene rings is 3. The fourth-order valence-corrected chi connectivity index (χ4v) is 10.7. The first-order valence-corrected chi connectivity index (χ1v) is 23.4. The fraction of sp³-hybridized carbons (Fsp3) is 0.571. The molecule has 0 bridgehead atoms. The van der Waals surface area contributed by atoms with Crippen molar-refractivity contribution in [3.63, 3.8) is 0 Å². The van der Waals surface area contributed by atoms with E-state index < -0.39 is 0 Å². The Morgan fingerprint density at radius 1 is 0.482 bits per heavy atom. The molecule has 0 radical (unpaired) electrons. The average molecular weight is 761 g/mol. The lowest BCUT2D eigenvalue weighted by Crippen LogP contribution is -2.25. The van der Waals surface area contributed by atoms with Gasteiger partial charge < -0.3 is 0 Å². The molecule has 0 amide bonds. The molecule has 0 unspecified atom stereocenters. The second-order valence-corrected chi connectivity index (χ2v) is 18.7. The first-order chi connectivity index (χ1) is 27.3. The Morgan fingerprint density at radius 3 is 1.43 bits per heavy atom. The molecule has 4 aliphatic rings. The summed E-state index contributed by atoms with van der Waals surface area (Å²) < 4.78 is 0. The average Bonchev–Trinajstić information content (AvgIpc) is 3.24. The summed E-state index contributed by atoms with van der Waals surface area (Å²) in [4.78, 5) is 0. The first kappa shape index (κ1) is 44.0. The molecule has 0 aliphatic heterocycles. The minimum Gasteiger partial charge on any atom is -0.0917 e. The van der Waals surface area contributed by atoms with E-state index in [2.05, 4.69) is 151 Å². The number of aryl methyl sites for hydroxylation is 2. The van der Waals surface area contributed by atoms with Crippen LogP contribution in [0.2, 0.25) is 0 Å². The van der Waals surface area contributed by atoms with Crippen LogP contribution in [0.1, 0.15) is 171 Å². The van der Waals surface area contributed by atoms with Gasteiger partial charge in [0.2, 0.25) is 0 Å². The summed E-state index contributed by atoms with van der Waals surface area (Å²) in [5.74, 6) is 7.95. The maximum Gasteiger partial charge on any atom is 0 e. The van der Waals surface area contributed by atoms with E-state index in [0.29, 0.717) is 0 Å². The van der Waals surface area contributed by atoms with Crippen LogP contribution in [0, 0.1) is 55.3 Å². The van der Waals surface area contributed by atoms with Gasteiger partial charge in [0.25, 0.3) is 0 Å². The maximum absolute atomic E-state index is 2.43. The standard InChI is InChI=1S/C23H34.C17H18.C16H28.4H2/c1-3-4-5-19-8-12-21(13-9-19)23-16-14-22(15-17-23)20-10-6-18(2)7-11-20;1-3-4-5-15-8-12-17(13-9-15)16-10-6-14(2)7-11-16;1-3-4-14-7-11-16(12-8-14)15-9-5-13(2)6-10-15;;;;/h3-4,6-7,10-11,19,21-23H,5,8-9,12-17H2,1-2H3;3-4,6-13H,5H2,1-2H3;3-4,13-16H,5-12H2,1-2H3;4*1H/b3*4-3+;;;;. The molecule has 0 atom stereocenters. The highest BCUT2D eigenvalue weighted by Gasteiger charge is 2.31. The Labute approximate surface area is 351 Å². The number of hydrogen-bond donors (Lipinski definition) is 0. The van der Waals surface area contributed by atoms with Crippen molar-refractivity contribution in [2.75, 3.05) is 0 Å². The Hall–Kier alpha value is -3.12. The van der Waals surface area contributed by atoms with Crippen molar-refractivity contribution in [2.24, 2.45) is 41.4 Å². The lowest BCUT2D eigenvalue weighted by molar-refractivity contribution is 0.160. The summed E-state index contributed by atoms with van der Waals surface area (Å²) in [7, 11) is 0. The number of hydrogen-bond acceptors (Lipinski definition) is 0. The molecular formula is C56H88. The third-order valence-corrected chi connectivity index (χ3v) is 14.5. The predicted molar refractivity (Wildman–Crippen MR) is 256 cm³/mol. The summed E-state index contributed by atoms with van der Waals surface area (Å²) in [5, 5.41) is 0. The molecule has 56 heavy (non-hydrogen) atoms. The van der Waals surface area contributed by atoms with Gasteiger partial charge in [-0.15, -0.1) is 0 Å². The van der Waals surface area contributed by atoms with Crippen LogP contribution in [-0.2, 0) is 6.42 Å². The minimum atomic E-state index is 0. The van der Waals surface area contributed by atoms with E-state index in [1.165, 1.54) is 137 Å². The van der Waals surface area contributed by atoms with Crippen molar-refractivity contribution in [3.8, 4) is 11.1 Å². The van der Waals surface area contributed by atoms with Crippen molar-refractivity contribution in [2.45, 2.75) is 163 Å². The van der Waals surface area contributed by atoms with Crippen LogP contribution in [0.4, 0.5) is 0 Å². The first-order valence-electron chi connectivity index (χ1n) is 23.4. The van der Waals surface area contributed by atoms with Gasteiger partial charge in [0, 0.05) is 5.71 Å². The van der Waals surface area contributed by atoms with Gasteiger partial charge in [0.1, 0.15) is 0 Å². The lowest BCUT2D eigenvalue weighted by Gasteiger charge is -2.38.